The van der Waals surface area contributed by atoms with Crippen molar-refractivity contribution in [3.8, 4) is 5.75 Å². The molecule has 108 valence electrons. The Bertz CT molecular complexity index is 515. The minimum atomic E-state index is -1.07. The van der Waals surface area contributed by atoms with Crippen LogP contribution in [-0.2, 0) is 0 Å². The molecule has 6 nitrogen and oxygen atoms in total. The fourth-order valence-electron chi connectivity index (χ4n) is 1.95. The number of urea groups is 1. The molecule has 0 aromatic heterocycles. The van der Waals surface area contributed by atoms with Crippen molar-refractivity contribution in [1.29, 1.82) is 0 Å². The van der Waals surface area contributed by atoms with Crippen LogP contribution in [0.4, 0.5) is 10.5 Å². The predicted octanol–water partition coefficient (Wildman–Crippen LogP) is 2.02. The first-order valence-electron chi connectivity index (χ1n) is 6.16. The van der Waals surface area contributed by atoms with Crippen LogP contribution in [0, 0.1) is 0 Å². The van der Waals surface area contributed by atoms with E-state index in [4.69, 9.17) is 9.84 Å². The number of rotatable bonds is 4. The van der Waals surface area contributed by atoms with Crippen LogP contribution in [0.25, 0.3) is 0 Å². The molecule has 0 radical (unpaired) electrons. The smallest absolute Gasteiger partial charge is 0.339 e. The van der Waals surface area contributed by atoms with Crippen LogP contribution >= 0.6 is 11.8 Å². The van der Waals surface area contributed by atoms with E-state index in [9.17, 15) is 9.59 Å². The molecule has 0 aliphatic carbocycles. The molecule has 0 bridgehead atoms. The molecular weight excluding hydrogens is 280 g/mol. The Morgan fingerprint density at radius 2 is 2.25 bits per heavy atom. The third-order valence-electron chi connectivity index (χ3n) is 2.95. The number of carboxylic acid groups (broad SMARTS) is 1. The number of aromatic carboxylic acids is 1. The highest BCUT2D eigenvalue weighted by Crippen LogP contribution is 2.23. The molecule has 0 saturated carbocycles. The average molecular weight is 296 g/mol. The summed E-state index contributed by atoms with van der Waals surface area (Å²) in [6.07, 6.45) is 0.972. The number of carbonyl (C=O) groups is 2. The Balaban J connectivity index is 2.01. The predicted molar refractivity (Wildman–Crippen MR) is 77.8 cm³/mol. The van der Waals surface area contributed by atoms with Crippen LogP contribution < -0.4 is 15.4 Å². The number of thioether (sulfide) groups is 1. The molecule has 1 aliphatic rings. The topological polar surface area (TPSA) is 87.7 Å². The van der Waals surface area contributed by atoms with Crippen molar-refractivity contribution >= 4 is 29.4 Å². The molecule has 1 unspecified atom stereocenters. The third kappa shape index (κ3) is 3.57. The van der Waals surface area contributed by atoms with Crippen LogP contribution in [0.15, 0.2) is 18.2 Å². The van der Waals surface area contributed by atoms with Gasteiger partial charge < -0.3 is 20.5 Å². The van der Waals surface area contributed by atoms with Gasteiger partial charge in [-0.3, -0.25) is 0 Å². The van der Waals surface area contributed by atoms with E-state index < -0.39 is 5.97 Å². The van der Waals surface area contributed by atoms with Crippen molar-refractivity contribution in [1.82, 2.24) is 5.32 Å². The second-order valence-corrected chi connectivity index (χ2v) is 5.53. The first-order chi connectivity index (χ1) is 9.60. The summed E-state index contributed by atoms with van der Waals surface area (Å²) in [6.45, 7) is 0. The van der Waals surface area contributed by atoms with Crippen LogP contribution in [0.2, 0.25) is 0 Å². The van der Waals surface area contributed by atoms with Crippen LogP contribution in [0.1, 0.15) is 16.8 Å². The van der Waals surface area contributed by atoms with Crippen molar-refractivity contribution < 1.29 is 19.4 Å². The number of nitrogens with one attached hydrogen (secondary N) is 2. The number of hydrogen-bond donors (Lipinski definition) is 3. The van der Waals surface area contributed by atoms with Crippen LogP contribution in [-0.4, -0.2) is 41.8 Å². The highest BCUT2D eigenvalue weighted by molar-refractivity contribution is 7.99. The Morgan fingerprint density at radius 3 is 2.85 bits per heavy atom. The highest BCUT2D eigenvalue weighted by Gasteiger charge is 2.18. The molecule has 2 amide bonds. The molecule has 1 aliphatic heterocycles. The van der Waals surface area contributed by atoms with E-state index in [1.165, 1.54) is 25.3 Å². The molecule has 1 fully saturated rings. The second kappa shape index (κ2) is 6.51. The van der Waals surface area contributed by atoms with Gasteiger partial charge in [-0.15, -0.1) is 0 Å². The van der Waals surface area contributed by atoms with E-state index in [0.29, 0.717) is 5.69 Å². The Labute approximate surface area is 120 Å². The van der Waals surface area contributed by atoms with Gasteiger partial charge in [0, 0.05) is 23.5 Å². The third-order valence-corrected chi connectivity index (χ3v) is 4.12. The molecule has 2 rings (SSSR count). The highest BCUT2D eigenvalue weighted by atomic mass is 32.2. The molecular formula is C13H16N2O4S. The molecule has 1 aromatic carbocycles. The number of carboxylic acids is 1. The quantitative estimate of drug-likeness (QED) is 0.791. The maximum Gasteiger partial charge on any atom is 0.339 e. The number of hydrogen-bond acceptors (Lipinski definition) is 4. The largest absolute Gasteiger partial charge is 0.496 e. The van der Waals surface area contributed by atoms with Gasteiger partial charge in [0.25, 0.3) is 0 Å². The first-order valence-corrected chi connectivity index (χ1v) is 7.32. The summed E-state index contributed by atoms with van der Waals surface area (Å²) in [6, 6.07) is 4.34. The van der Waals surface area contributed by atoms with Gasteiger partial charge in [0.1, 0.15) is 11.3 Å². The molecule has 1 aromatic rings. The van der Waals surface area contributed by atoms with E-state index in [1.807, 2.05) is 11.8 Å². The Morgan fingerprint density at radius 1 is 1.45 bits per heavy atom. The molecule has 3 N–H and O–H groups in total. The van der Waals surface area contributed by atoms with Gasteiger partial charge in [0.05, 0.1) is 7.11 Å². The van der Waals surface area contributed by atoms with Gasteiger partial charge in [-0.2, -0.15) is 11.8 Å². The van der Waals surface area contributed by atoms with Crippen molar-refractivity contribution in [2.24, 2.45) is 0 Å². The van der Waals surface area contributed by atoms with Crippen molar-refractivity contribution in [3.63, 3.8) is 0 Å². The molecule has 0 spiro atoms. The zero-order valence-corrected chi connectivity index (χ0v) is 11.8. The summed E-state index contributed by atoms with van der Waals surface area (Å²) in [5.41, 5.74) is 0.556. The number of anilines is 1. The van der Waals surface area contributed by atoms with E-state index >= 15 is 0 Å². The molecule has 1 saturated heterocycles. The summed E-state index contributed by atoms with van der Waals surface area (Å²) in [4.78, 5) is 22.8. The van der Waals surface area contributed by atoms with E-state index in [2.05, 4.69) is 10.6 Å². The van der Waals surface area contributed by atoms with Gasteiger partial charge in [0.2, 0.25) is 0 Å². The minimum absolute atomic E-state index is 0.0608. The van der Waals surface area contributed by atoms with Gasteiger partial charge in [-0.05, 0) is 24.3 Å². The van der Waals surface area contributed by atoms with Gasteiger partial charge in [0.15, 0.2) is 0 Å². The zero-order valence-electron chi connectivity index (χ0n) is 11.0. The first kappa shape index (κ1) is 14.5. The average Bonchev–Trinajstić information content (AvgIpc) is 2.90. The summed E-state index contributed by atoms with van der Waals surface area (Å²) >= 11 is 1.81. The molecule has 1 heterocycles. The summed E-state index contributed by atoms with van der Waals surface area (Å²) in [5.74, 6) is 1.13. The lowest BCUT2D eigenvalue weighted by Crippen LogP contribution is -2.37. The van der Waals surface area contributed by atoms with E-state index in [1.54, 1.807) is 0 Å². The summed E-state index contributed by atoms with van der Waals surface area (Å²) in [7, 11) is 1.39. The summed E-state index contributed by atoms with van der Waals surface area (Å²) in [5, 5.41) is 14.5. The molecule has 1 atom stereocenters. The number of carbonyl (C=O) groups excluding carboxylic acids is 1. The standard InChI is InChI=1S/C13H16N2O4S/c1-19-11-6-8(2-3-10(11)12(16)17)14-13(18)15-9-4-5-20-7-9/h2-3,6,9H,4-5,7H2,1H3,(H,16,17)(H2,14,15,18). The number of ether oxygens (including phenoxy) is 1. The Kier molecular flexibility index (Phi) is 4.73. The lowest BCUT2D eigenvalue weighted by atomic mass is 10.2. The zero-order chi connectivity index (χ0) is 14.5. The van der Waals surface area contributed by atoms with E-state index in [-0.39, 0.29) is 23.4 Å². The van der Waals surface area contributed by atoms with Gasteiger partial charge >= 0.3 is 12.0 Å². The number of methoxy groups -OCH3 is 1. The van der Waals surface area contributed by atoms with Crippen molar-refractivity contribution in [2.45, 2.75) is 12.5 Å². The van der Waals surface area contributed by atoms with Gasteiger partial charge in [-0.1, -0.05) is 0 Å². The lowest BCUT2D eigenvalue weighted by Gasteiger charge is -2.13. The second-order valence-electron chi connectivity index (χ2n) is 4.38. The fourth-order valence-corrected chi connectivity index (χ4v) is 3.10. The van der Waals surface area contributed by atoms with Crippen molar-refractivity contribution in [2.75, 3.05) is 23.9 Å². The monoisotopic (exact) mass is 296 g/mol. The lowest BCUT2D eigenvalue weighted by molar-refractivity contribution is 0.0693. The number of benzene rings is 1. The van der Waals surface area contributed by atoms with Crippen molar-refractivity contribution in [3.05, 3.63) is 23.8 Å². The normalized spacial score (nSPS) is 17.6. The molecule has 20 heavy (non-hydrogen) atoms. The SMILES string of the molecule is COc1cc(NC(=O)NC2CCSC2)ccc1C(=O)O. The number of amides is 2. The van der Waals surface area contributed by atoms with Crippen LogP contribution in [0.5, 0.6) is 5.75 Å². The minimum Gasteiger partial charge on any atom is -0.496 e. The summed E-state index contributed by atoms with van der Waals surface area (Å²) < 4.78 is 5.01. The van der Waals surface area contributed by atoms with Gasteiger partial charge in [-0.25, -0.2) is 9.59 Å². The fraction of sp³-hybridized carbons (Fsp3) is 0.385. The van der Waals surface area contributed by atoms with Crippen LogP contribution in [0.3, 0.4) is 0 Å². The Hall–Kier alpha value is -1.89. The van der Waals surface area contributed by atoms with E-state index in [0.717, 1.165) is 17.9 Å². The maximum atomic E-state index is 11.8. The molecule has 7 heteroatoms. The maximum absolute atomic E-state index is 11.8.